The van der Waals surface area contributed by atoms with E-state index in [-0.39, 0.29) is 12.6 Å². The molecule has 0 saturated carbocycles. The van der Waals surface area contributed by atoms with Gasteiger partial charge in [0.15, 0.2) is 0 Å². The van der Waals surface area contributed by atoms with E-state index in [2.05, 4.69) is 16.7 Å². The van der Waals surface area contributed by atoms with Crippen LogP contribution in [0.15, 0.2) is 72.8 Å². The molecule has 190 valence electrons. The predicted octanol–water partition coefficient (Wildman–Crippen LogP) is 5.04. The van der Waals surface area contributed by atoms with Crippen molar-refractivity contribution in [3.63, 3.8) is 0 Å². The summed E-state index contributed by atoms with van der Waals surface area (Å²) in [6, 6.07) is 23.8. The maximum atomic E-state index is 12.6. The molecule has 7 heteroatoms. The molecular formula is C30H31N3O4. The lowest BCUT2D eigenvalue weighted by atomic mass is 10.1. The third kappa shape index (κ3) is 4.95. The first kappa shape index (κ1) is 24.6. The number of aromatic nitrogens is 3. The zero-order valence-corrected chi connectivity index (χ0v) is 21.3. The number of hydrogen-bond acceptors (Lipinski definition) is 5. The van der Waals surface area contributed by atoms with Crippen molar-refractivity contribution < 1.29 is 19.4 Å². The van der Waals surface area contributed by atoms with Gasteiger partial charge in [-0.25, -0.2) is 9.78 Å². The summed E-state index contributed by atoms with van der Waals surface area (Å²) in [6.07, 6.45) is -0.0890. The fraction of sp³-hybridized carbons (Fsp3) is 0.267. The number of hydrogen-bond donors (Lipinski definition) is 1. The van der Waals surface area contributed by atoms with Crippen LogP contribution in [0.5, 0.6) is 5.75 Å². The number of imidazole rings is 1. The van der Waals surface area contributed by atoms with Gasteiger partial charge in [0.2, 0.25) is 0 Å². The number of carbonyl (C=O) groups excluding carboxylic acids is 1. The van der Waals surface area contributed by atoms with Gasteiger partial charge in [0.05, 0.1) is 29.7 Å². The second kappa shape index (κ2) is 10.5. The Bertz CT molecular complexity index is 1550. The van der Waals surface area contributed by atoms with E-state index in [1.54, 1.807) is 6.92 Å². The summed E-state index contributed by atoms with van der Waals surface area (Å²) in [5.41, 5.74) is 5.34. The number of ether oxygens (including phenoxy) is 2. The Morgan fingerprint density at radius 2 is 1.78 bits per heavy atom. The van der Waals surface area contributed by atoms with Gasteiger partial charge in [-0.1, -0.05) is 42.5 Å². The third-order valence-corrected chi connectivity index (χ3v) is 6.72. The Morgan fingerprint density at radius 1 is 1.03 bits per heavy atom. The Labute approximate surface area is 215 Å². The summed E-state index contributed by atoms with van der Waals surface area (Å²) in [7, 11) is 1.92. The fourth-order valence-electron chi connectivity index (χ4n) is 4.80. The van der Waals surface area contributed by atoms with Gasteiger partial charge in [-0.05, 0) is 49.7 Å². The van der Waals surface area contributed by atoms with Crippen LogP contribution in [0.3, 0.4) is 0 Å². The molecule has 0 bridgehead atoms. The van der Waals surface area contributed by atoms with Crippen LogP contribution in [0.25, 0.3) is 21.9 Å². The van der Waals surface area contributed by atoms with Gasteiger partial charge in [0.25, 0.3) is 0 Å². The molecule has 5 rings (SSSR count). The highest BCUT2D eigenvalue weighted by molar-refractivity contribution is 6.06. The van der Waals surface area contributed by atoms with Gasteiger partial charge in [-0.3, -0.25) is 0 Å². The minimum Gasteiger partial charge on any atom is -0.491 e. The number of benzene rings is 3. The largest absolute Gasteiger partial charge is 0.491 e. The van der Waals surface area contributed by atoms with E-state index >= 15 is 0 Å². The van der Waals surface area contributed by atoms with Crippen molar-refractivity contribution in [1.82, 2.24) is 14.1 Å². The zero-order valence-electron chi connectivity index (χ0n) is 21.3. The van der Waals surface area contributed by atoms with Crippen molar-refractivity contribution in [3.8, 4) is 5.75 Å². The maximum Gasteiger partial charge on any atom is 0.340 e. The maximum absolute atomic E-state index is 12.6. The summed E-state index contributed by atoms with van der Waals surface area (Å²) in [5.74, 6) is 1.13. The molecule has 0 fully saturated rings. The number of esters is 1. The minimum absolute atomic E-state index is 0.101. The molecule has 0 aliphatic carbocycles. The summed E-state index contributed by atoms with van der Waals surface area (Å²) in [5, 5.41) is 11.7. The second-order valence-corrected chi connectivity index (χ2v) is 9.17. The number of aryl methyl sites for hydroxylation is 1. The summed E-state index contributed by atoms with van der Waals surface area (Å²) in [6.45, 7) is 4.46. The monoisotopic (exact) mass is 497 g/mol. The first-order valence-corrected chi connectivity index (χ1v) is 12.5. The normalized spacial score (nSPS) is 12.2. The smallest absolute Gasteiger partial charge is 0.340 e. The molecule has 0 amide bonds. The van der Waals surface area contributed by atoms with E-state index in [1.165, 1.54) is 0 Å². The molecule has 7 nitrogen and oxygen atoms in total. The van der Waals surface area contributed by atoms with Crippen molar-refractivity contribution in [2.75, 3.05) is 13.2 Å². The van der Waals surface area contributed by atoms with Gasteiger partial charge in [-0.15, -0.1) is 0 Å². The van der Waals surface area contributed by atoms with E-state index < -0.39 is 6.10 Å². The molecule has 0 saturated heterocycles. The van der Waals surface area contributed by atoms with E-state index in [1.807, 2.05) is 79.2 Å². The minimum atomic E-state index is -0.759. The number of aliphatic hydroxyl groups excluding tert-OH is 1. The van der Waals surface area contributed by atoms with Crippen molar-refractivity contribution in [1.29, 1.82) is 0 Å². The summed E-state index contributed by atoms with van der Waals surface area (Å²) in [4.78, 5) is 17.4. The van der Waals surface area contributed by atoms with Crippen LogP contribution in [0.4, 0.5) is 0 Å². The second-order valence-electron chi connectivity index (χ2n) is 9.17. The van der Waals surface area contributed by atoms with Gasteiger partial charge in [-0.2, -0.15) is 0 Å². The number of aliphatic hydroxyl groups is 1. The Balaban J connectivity index is 1.36. The zero-order chi connectivity index (χ0) is 25.9. The number of fused-ring (bicyclic) bond motifs is 2. The molecule has 0 spiro atoms. The number of rotatable bonds is 9. The van der Waals surface area contributed by atoms with Crippen molar-refractivity contribution in [2.45, 2.75) is 32.9 Å². The molecule has 0 aliphatic heterocycles. The van der Waals surface area contributed by atoms with Gasteiger partial charge in [0.1, 0.15) is 24.3 Å². The number of nitrogens with zero attached hydrogens (tertiary/aromatic N) is 3. The molecule has 2 aromatic heterocycles. The molecule has 0 radical (unpaired) electrons. The Morgan fingerprint density at radius 3 is 2.57 bits per heavy atom. The average Bonchev–Trinajstić information content (AvgIpc) is 3.37. The lowest BCUT2D eigenvalue weighted by Gasteiger charge is -2.16. The average molecular weight is 498 g/mol. The molecule has 5 aromatic rings. The molecule has 37 heavy (non-hydrogen) atoms. The van der Waals surface area contributed by atoms with E-state index in [9.17, 15) is 9.90 Å². The van der Waals surface area contributed by atoms with Crippen LogP contribution in [0.1, 0.15) is 34.4 Å². The van der Waals surface area contributed by atoms with E-state index in [0.717, 1.165) is 39.0 Å². The van der Waals surface area contributed by atoms with Crippen LogP contribution in [0, 0.1) is 6.92 Å². The van der Waals surface area contributed by atoms with E-state index in [0.29, 0.717) is 30.9 Å². The van der Waals surface area contributed by atoms with Crippen LogP contribution >= 0.6 is 0 Å². The highest BCUT2D eigenvalue weighted by Gasteiger charge is 2.21. The summed E-state index contributed by atoms with van der Waals surface area (Å²) >= 11 is 0. The number of para-hydroxylation sites is 2. The van der Waals surface area contributed by atoms with Crippen LogP contribution in [0.2, 0.25) is 0 Å². The summed E-state index contributed by atoms with van der Waals surface area (Å²) < 4.78 is 15.3. The first-order valence-electron chi connectivity index (χ1n) is 12.5. The van der Waals surface area contributed by atoms with E-state index in [4.69, 9.17) is 14.5 Å². The van der Waals surface area contributed by atoms with Crippen molar-refractivity contribution in [2.24, 2.45) is 7.05 Å². The number of carbonyl (C=O) groups is 1. The third-order valence-electron chi connectivity index (χ3n) is 6.72. The van der Waals surface area contributed by atoms with Gasteiger partial charge < -0.3 is 23.7 Å². The SMILES string of the molecule is CCOC(=O)c1c(C)n(C)c2ccc(OC[C@@H](O)Cn3c(Cc4ccccc4)nc4ccccc43)cc12. The van der Waals surface area contributed by atoms with Gasteiger partial charge in [0, 0.05) is 30.1 Å². The Kier molecular flexibility index (Phi) is 6.97. The topological polar surface area (TPSA) is 78.5 Å². The lowest BCUT2D eigenvalue weighted by Crippen LogP contribution is -2.24. The predicted molar refractivity (Wildman–Crippen MR) is 144 cm³/mol. The molecule has 0 unspecified atom stereocenters. The molecule has 3 aromatic carbocycles. The Hall–Kier alpha value is -4.10. The van der Waals surface area contributed by atoms with Crippen molar-refractivity contribution in [3.05, 3.63) is 95.4 Å². The quantitative estimate of drug-likeness (QED) is 0.289. The molecule has 0 aliphatic rings. The first-order chi connectivity index (χ1) is 18.0. The molecule has 2 heterocycles. The van der Waals surface area contributed by atoms with Crippen molar-refractivity contribution >= 4 is 27.9 Å². The fourth-order valence-corrected chi connectivity index (χ4v) is 4.80. The standard InChI is InChI=1S/C30H31N3O4/c1-4-36-30(35)29-20(2)32(3)26-15-14-23(17-24(26)29)37-19-22(34)18-33-27-13-9-8-12-25(27)31-28(33)16-21-10-6-5-7-11-21/h5-15,17,22,34H,4,16,18-19H2,1-3H3/t22-/m0/s1. The highest BCUT2D eigenvalue weighted by Crippen LogP contribution is 2.29. The van der Waals surface area contributed by atoms with Crippen LogP contribution in [-0.2, 0) is 24.8 Å². The van der Waals surface area contributed by atoms with Crippen LogP contribution in [-0.4, -0.2) is 44.5 Å². The van der Waals surface area contributed by atoms with Gasteiger partial charge >= 0.3 is 5.97 Å². The molecular weight excluding hydrogens is 466 g/mol. The molecule has 1 atom stereocenters. The molecule has 1 N–H and O–H groups in total. The highest BCUT2D eigenvalue weighted by atomic mass is 16.5. The lowest BCUT2D eigenvalue weighted by molar-refractivity contribution is 0.0527. The van der Waals surface area contributed by atoms with Crippen LogP contribution < -0.4 is 4.74 Å².